The van der Waals surface area contributed by atoms with E-state index >= 15 is 0 Å². The Morgan fingerprint density at radius 1 is 1.09 bits per heavy atom. The number of anilines is 1. The molecule has 4 rings (SSSR count). The summed E-state index contributed by atoms with van der Waals surface area (Å²) in [5.74, 6) is 0. The molecule has 1 aromatic carbocycles. The van der Waals surface area contributed by atoms with Crippen molar-refractivity contribution in [3.8, 4) is 11.3 Å². The van der Waals surface area contributed by atoms with Crippen LogP contribution in [0.2, 0.25) is 0 Å². The van der Waals surface area contributed by atoms with E-state index in [1.165, 1.54) is 0 Å². The van der Waals surface area contributed by atoms with Gasteiger partial charge in [-0.1, -0.05) is 12.1 Å². The van der Waals surface area contributed by atoms with Crippen LogP contribution in [0.5, 0.6) is 0 Å². The van der Waals surface area contributed by atoms with Crippen LogP contribution in [-0.2, 0) is 0 Å². The van der Waals surface area contributed by atoms with Gasteiger partial charge in [-0.05, 0) is 29.8 Å². The Hall–Kier alpha value is -2.99. The second kappa shape index (κ2) is 6.02. The van der Waals surface area contributed by atoms with Crippen molar-refractivity contribution in [1.82, 2.24) is 14.4 Å². The Morgan fingerprint density at radius 2 is 1.91 bits per heavy atom. The van der Waals surface area contributed by atoms with Gasteiger partial charge in [-0.25, -0.2) is 4.98 Å². The monoisotopic (exact) mass is 319 g/mol. The SMILES string of the molecule is C(=N\Nc1ccc(-c2cn3ccsc3n2)cc1)/c1ccncc1. The Balaban J connectivity index is 1.47. The molecule has 23 heavy (non-hydrogen) atoms. The topological polar surface area (TPSA) is 54.6 Å². The van der Waals surface area contributed by atoms with Crippen LogP contribution in [0.25, 0.3) is 16.2 Å². The molecule has 0 atom stereocenters. The summed E-state index contributed by atoms with van der Waals surface area (Å²) in [7, 11) is 0. The highest BCUT2D eigenvalue weighted by Crippen LogP contribution is 2.23. The normalized spacial score (nSPS) is 11.3. The fourth-order valence-electron chi connectivity index (χ4n) is 2.21. The van der Waals surface area contributed by atoms with Gasteiger partial charge in [0, 0.05) is 35.7 Å². The molecule has 0 aliphatic heterocycles. The van der Waals surface area contributed by atoms with Crippen molar-refractivity contribution in [2.45, 2.75) is 0 Å². The largest absolute Gasteiger partial charge is 0.297 e. The zero-order valence-electron chi connectivity index (χ0n) is 12.1. The molecular weight excluding hydrogens is 306 g/mol. The number of fused-ring (bicyclic) bond motifs is 1. The maximum absolute atomic E-state index is 4.60. The molecule has 0 fully saturated rings. The van der Waals surface area contributed by atoms with Crippen LogP contribution in [-0.4, -0.2) is 20.6 Å². The molecule has 0 amide bonds. The Labute approximate surface area is 137 Å². The van der Waals surface area contributed by atoms with Crippen molar-refractivity contribution in [3.05, 3.63) is 72.1 Å². The summed E-state index contributed by atoms with van der Waals surface area (Å²) in [5, 5.41) is 6.25. The zero-order valence-corrected chi connectivity index (χ0v) is 12.9. The van der Waals surface area contributed by atoms with E-state index in [4.69, 9.17) is 0 Å². The minimum Gasteiger partial charge on any atom is -0.297 e. The molecule has 0 unspecified atom stereocenters. The molecule has 3 aromatic heterocycles. The fraction of sp³-hybridized carbons (Fsp3) is 0. The van der Waals surface area contributed by atoms with Gasteiger partial charge < -0.3 is 0 Å². The van der Waals surface area contributed by atoms with Crippen molar-refractivity contribution < 1.29 is 0 Å². The molecular formula is C17H13N5S. The van der Waals surface area contributed by atoms with Crippen molar-refractivity contribution in [2.75, 3.05) is 5.43 Å². The average molecular weight is 319 g/mol. The van der Waals surface area contributed by atoms with E-state index in [1.54, 1.807) is 29.9 Å². The summed E-state index contributed by atoms with van der Waals surface area (Å²) >= 11 is 1.63. The third kappa shape index (κ3) is 2.97. The van der Waals surface area contributed by atoms with Crippen LogP contribution in [0.15, 0.2) is 71.7 Å². The lowest BCUT2D eigenvalue weighted by molar-refractivity contribution is 1.23. The maximum Gasteiger partial charge on any atom is 0.194 e. The van der Waals surface area contributed by atoms with Gasteiger partial charge in [0.15, 0.2) is 4.96 Å². The second-order valence-electron chi connectivity index (χ2n) is 4.95. The summed E-state index contributed by atoms with van der Waals surface area (Å²) in [6, 6.07) is 11.9. The van der Waals surface area contributed by atoms with E-state index in [9.17, 15) is 0 Å². The van der Waals surface area contributed by atoms with Crippen LogP contribution >= 0.6 is 11.3 Å². The number of hydrogen-bond acceptors (Lipinski definition) is 5. The highest BCUT2D eigenvalue weighted by molar-refractivity contribution is 7.15. The quantitative estimate of drug-likeness (QED) is 0.458. The van der Waals surface area contributed by atoms with Gasteiger partial charge in [0.25, 0.3) is 0 Å². The lowest BCUT2D eigenvalue weighted by Crippen LogP contribution is -1.90. The maximum atomic E-state index is 4.60. The molecule has 0 spiro atoms. The molecule has 112 valence electrons. The van der Waals surface area contributed by atoms with Crippen LogP contribution in [0.1, 0.15) is 5.56 Å². The Kier molecular flexibility index (Phi) is 3.57. The minimum absolute atomic E-state index is 0.931. The van der Waals surface area contributed by atoms with E-state index in [-0.39, 0.29) is 0 Å². The van der Waals surface area contributed by atoms with Crippen LogP contribution in [0, 0.1) is 0 Å². The van der Waals surface area contributed by atoms with Gasteiger partial charge in [0.05, 0.1) is 17.6 Å². The molecule has 0 bridgehead atoms. The highest BCUT2D eigenvalue weighted by atomic mass is 32.1. The van der Waals surface area contributed by atoms with Gasteiger partial charge in [-0.3, -0.25) is 14.8 Å². The predicted molar refractivity (Wildman–Crippen MR) is 94.0 cm³/mol. The number of hydrogen-bond donors (Lipinski definition) is 1. The van der Waals surface area contributed by atoms with E-state index in [1.807, 2.05) is 58.6 Å². The summed E-state index contributed by atoms with van der Waals surface area (Å²) in [6.07, 6.45) is 9.30. The number of pyridine rings is 1. The first-order chi connectivity index (χ1) is 11.4. The molecule has 0 aliphatic rings. The summed E-state index contributed by atoms with van der Waals surface area (Å²) in [4.78, 5) is 9.58. The molecule has 0 saturated heterocycles. The van der Waals surface area contributed by atoms with Crippen LogP contribution in [0.4, 0.5) is 5.69 Å². The lowest BCUT2D eigenvalue weighted by atomic mass is 10.1. The van der Waals surface area contributed by atoms with Gasteiger partial charge in [-0.15, -0.1) is 11.3 Å². The van der Waals surface area contributed by atoms with E-state index in [0.29, 0.717) is 0 Å². The summed E-state index contributed by atoms with van der Waals surface area (Å²) < 4.78 is 2.03. The summed E-state index contributed by atoms with van der Waals surface area (Å²) in [5.41, 5.74) is 7.01. The molecule has 0 saturated carbocycles. The molecule has 0 aliphatic carbocycles. The van der Waals surface area contributed by atoms with Crippen molar-refractivity contribution >= 4 is 28.2 Å². The fourth-order valence-corrected chi connectivity index (χ4v) is 2.91. The van der Waals surface area contributed by atoms with Crippen molar-refractivity contribution in [2.24, 2.45) is 5.10 Å². The third-order valence-electron chi connectivity index (χ3n) is 3.39. The number of nitrogens with one attached hydrogen (secondary N) is 1. The first kappa shape index (κ1) is 13.7. The van der Waals surface area contributed by atoms with E-state index < -0.39 is 0 Å². The van der Waals surface area contributed by atoms with Crippen molar-refractivity contribution in [1.29, 1.82) is 0 Å². The number of thiazole rings is 1. The Bertz CT molecular complexity index is 909. The first-order valence-corrected chi connectivity index (χ1v) is 7.98. The Morgan fingerprint density at radius 3 is 2.70 bits per heavy atom. The van der Waals surface area contributed by atoms with E-state index in [0.717, 1.165) is 27.5 Å². The molecule has 3 heterocycles. The molecule has 4 aromatic rings. The van der Waals surface area contributed by atoms with Gasteiger partial charge in [-0.2, -0.15) is 5.10 Å². The third-order valence-corrected chi connectivity index (χ3v) is 4.16. The average Bonchev–Trinajstić information content (AvgIpc) is 3.18. The van der Waals surface area contributed by atoms with E-state index in [2.05, 4.69) is 20.5 Å². The zero-order chi connectivity index (χ0) is 15.5. The lowest BCUT2D eigenvalue weighted by Gasteiger charge is -2.01. The number of benzene rings is 1. The smallest absolute Gasteiger partial charge is 0.194 e. The number of hydrazone groups is 1. The number of rotatable bonds is 4. The number of imidazole rings is 1. The molecule has 5 nitrogen and oxygen atoms in total. The van der Waals surface area contributed by atoms with Gasteiger partial charge in [0.2, 0.25) is 0 Å². The van der Waals surface area contributed by atoms with Crippen LogP contribution < -0.4 is 5.43 Å². The predicted octanol–water partition coefficient (Wildman–Crippen LogP) is 3.90. The first-order valence-electron chi connectivity index (χ1n) is 7.10. The molecule has 6 heteroatoms. The minimum atomic E-state index is 0.931. The van der Waals surface area contributed by atoms with Crippen molar-refractivity contribution in [3.63, 3.8) is 0 Å². The molecule has 0 radical (unpaired) electrons. The number of nitrogens with zero attached hydrogens (tertiary/aromatic N) is 4. The highest BCUT2D eigenvalue weighted by Gasteiger charge is 2.04. The second-order valence-corrected chi connectivity index (χ2v) is 5.82. The summed E-state index contributed by atoms with van der Waals surface area (Å²) in [6.45, 7) is 0. The molecule has 1 N–H and O–H groups in total. The van der Waals surface area contributed by atoms with Gasteiger partial charge >= 0.3 is 0 Å². The standard InChI is InChI=1S/C17H13N5S/c1-3-15(21-19-11-13-5-7-18-8-6-13)4-2-14(1)16-12-22-9-10-23-17(22)20-16/h1-12,21H/b19-11+. The van der Waals surface area contributed by atoms with Gasteiger partial charge in [0.1, 0.15) is 0 Å². The number of aromatic nitrogens is 3. The van der Waals surface area contributed by atoms with Crippen LogP contribution in [0.3, 0.4) is 0 Å².